The number of benzene rings is 1. The molecule has 1 aromatic carbocycles. The largest absolute Gasteiger partial charge is 0.458 e. The minimum Gasteiger partial charge on any atom is -0.458 e. The standard InChI is InChI=1S/C13H16N2O5/c1-9(2)20-13(16)12(14-17)8-5-10-3-6-11(7-4-10)15(18)19/h3-4,6-7,9,17H,5,8H2,1-2H3. The van der Waals surface area contributed by atoms with Gasteiger partial charge >= 0.3 is 5.97 Å². The van der Waals surface area contributed by atoms with Crippen molar-refractivity contribution >= 4 is 17.4 Å². The number of hydrogen-bond acceptors (Lipinski definition) is 6. The van der Waals surface area contributed by atoms with Gasteiger partial charge in [0.1, 0.15) is 0 Å². The molecule has 0 aliphatic carbocycles. The van der Waals surface area contributed by atoms with Crippen molar-refractivity contribution in [1.29, 1.82) is 0 Å². The summed E-state index contributed by atoms with van der Waals surface area (Å²) in [7, 11) is 0. The number of hydrogen-bond donors (Lipinski definition) is 1. The van der Waals surface area contributed by atoms with Gasteiger partial charge in [-0.1, -0.05) is 17.3 Å². The van der Waals surface area contributed by atoms with E-state index in [1.54, 1.807) is 26.0 Å². The molecule has 0 atom stereocenters. The summed E-state index contributed by atoms with van der Waals surface area (Å²) < 4.78 is 4.92. The SMILES string of the molecule is CC(C)OC(=O)C(CCc1ccc([N+](=O)[O-])cc1)=NO. The molecule has 1 N–H and O–H groups in total. The van der Waals surface area contributed by atoms with Gasteiger partial charge in [-0.2, -0.15) is 0 Å². The molecule has 7 nitrogen and oxygen atoms in total. The van der Waals surface area contributed by atoms with Crippen LogP contribution in [0.5, 0.6) is 0 Å². The fourth-order valence-corrected chi connectivity index (χ4v) is 1.52. The van der Waals surface area contributed by atoms with E-state index in [0.29, 0.717) is 6.42 Å². The zero-order valence-corrected chi connectivity index (χ0v) is 11.3. The van der Waals surface area contributed by atoms with Crippen molar-refractivity contribution in [3.63, 3.8) is 0 Å². The van der Waals surface area contributed by atoms with E-state index in [1.165, 1.54) is 12.1 Å². The Bertz CT molecular complexity index is 508. The molecule has 0 amide bonds. The number of aryl methyl sites for hydroxylation is 1. The quantitative estimate of drug-likeness (QED) is 0.283. The number of nitro groups is 1. The first-order chi connectivity index (χ1) is 9.43. The molecule has 1 aromatic rings. The van der Waals surface area contributed by atoms with Gasteiger partial charge in [0.2, 0.25) is 0 Å². The number of ether oxygens (including phenoxy) is 1. The van der Waals surface area contributed by atoms with Crippen LogP contribution in [-0.4, -0.2) is 27.9 Å². The average molecular weight is 280 g/mol. The minimum absolute atomic E-state index is 0.00372. The van der Waals surface area contributed by atoms with E-state index in [1.807, 2.05) is 0 Å². The summed E-state index contributed by atoms with van der Waals surface area (Å²) in [4.78, 5) is 21.6. The lowest BCUT2D eigenvalue weighted by Gasteiger charge is -2.08. The summed E-state index contributed by atoms with van der Waals surface area (Å²) in [5, 5.41) is 22.2. The predicted octanol–water partition coefficient (Wildman–Crippen LogP) is 2.31. The van der Waals surface area contributed by atoms with Gasteiger partial charge in [-0.3, -0.25) is 10.1 Å². The monoisotopic (exact) mass is 280 g/mol. The lowest BCUT2D eigenvalue weighted by Crippen LogP contribution is -2.21. The maximum Gasteiger partial charge on any atom is 0.356 e. The Kier molecular flexibility index (Phi) is 5.64. The summed E-state index contributed by atoms with van der Waals surface area (Å²) in [6.45, 7) is 3.40. The number of carbonyl (C=O) groups is 1. The maximum atomic E-state index is 11.5. The van der Waals surface area contributed by atoms with Crippen LogP contribution in [0.15, 0.2) is 29.4 Å². The second-order valence-corrected chi connectivity index (χ2v) is 4.42. The number of oxime groups is 1. The molecule has 0 spiro atoms. The van der Waals surface area contributed by atoms with Crippen LogP contribution in [0.1, 0.15) is 25.8 Å². The van der Waals surface area contributed by atoms with Crippen molar-refractivity contribution < 1.29 is 19.7 Å². The number of nitro benzene ring substituents is 1. The smallest absolute Gasteiger partial charge is 0.356 e. The molecule has 0 saturated heterocycles. The van der Waals surface area contributed by atoms with E-state index in [9.17, 15) is 14.9 Å². The number of carbonyl (C=O) groups excluding carboxylic acids is 1. The van der Waals surface area contributed by atoms with E-state index in [4.69, 9.17) is 9.94 Å². The Labute approximate surface area is 116 Å². The van der Waals surface area contributed by atoms with Gasteiger partial charge in [-0.15, -0.1) is 0 Å². The number of non-ortho nitro benzene ring substituents is 1. The third kappa shape index (κ3) is 4.68. The molecule has 0 aromatic heterocycles. The van der Waals surface area contributed by atoms with Crippen LogP contribution in [0.25, 0.3) is 0 Å². The number of nitrogens with zero attached hydrogens (tertiary/aromatic N) is 2. The highest BCUT2D eigenvalue weighted by Gasteiger charge is 2.15. The molecule has 0 radical (unpaired) electrons. The molecular weight excluding hydrogens is 264 g/mol. The molecule has 0 bridgehead atoms. The van der Waals surface area contributed by atoms with Crippen LogP contribution in [0, 0.1) is 10.1 Å². The van der Waals surface area contributed by atoms with E-state index in [2.05, 4.69) is 5.16 Å². The van der Waals surface area contributed by atoms with Gasteiger partial charge in [-0.05, 0) is 25.8 Å². The molecule has 0 unspecified atom stereocenters. The Morgan fingerprint density at radius 2 is 2.00 bits per heavy atom. The highest BCUT2D eigenvalue weighted by Crippen LogP contribution is 2.13. The summed E-state index contributed by atoms with van der Waals surface area (Å²) in [6.07, 6.45) is 0.323. The molecule has 0 saturated carbocycles. The minimum atomic E-state index is -0.663. The molecule has 7 heteroatoms. The first-order valence-corrected chi connectivity index (χ1v) is 6.09. The van der Waals surface area contributed by atoms with Crippen LogP contribution in [-0.2, 0) is 16.0 Å². The number of esters is 1. The van der Waals surface area contributed by atoms with Crippen LogP contribution in [0.2, 0.25) is 0 Å². The molecule has 20 heavy (non-hydrogen) atoms. The highest BCUT2D eigenvalue weighted by atomic mass is 16.6. The first kappa shape index (κ1) is 15.6. The third-order valence-corrected chi connectivity index (χ3v) is 2.50. The number of rotatable bonds is 6. The van der Waals surface area contributed by atoms with Crippen molar-refractivity contribution in [2.75, 3.05) is 0 Å². The van der Waals surface area contributed by atoms with Crippen LogP contribution in [0.4, 0.5) is 5.69 Å². The van der Waals surface area contributed by atoms with E-state index in [0.717, 1.165) is 5.56 Å². The van der Waals surface area contributed by atoms with Gasteiger partial charge < -0.3 is 9.94 Å². The summed E-state index contributed by atoms with van der Waals surface area (Å²) in [5.74, 6) is -0.663. The first-order valence-electron chi connectivity index (χ1n) is 6.09. The van der Waals surface area contributed by atoms with E-state index in [-0.39, 0.29) is 23.9 Å². The van der Waals surface area contributed by atoms with Crippen molar-refractivity contribution in [3.8, 4) is 0 Å². The zero-order valence-electron chi connectivity index (χ0n) is 11.3. The zero-order chi connectivity index (χ0) is 15.1. The van der Waals surface area contributed by atoms with Crippen LogP contribution in [0.3, 0.4) is 0 Å². The van der Waals surface area contributed by atoms with E-state index >= 15 is 0 Å². The van der Waals surface area contributed by atoms with Crippen molar-refractivity contribution in [1.82, 2.24) is 0 Å². The molecule has 1 rings (SSSR count). The third-order valence-electron chi connectivity index (χ3n) is 2.50. The molecular formula is C13H16N2O5. The molecule has 0 aliphatic rings. The topological polar surface area (TPSA) is 102 Å². The Balaban J connectivity index is 2.61. The van der Waals surface area contributed by atoms with Gasteiger partial charge in [0.15, 0.2) is 5.71 Å². The fourth-order valence-electron chi connectivity index (χ4n) is 1.52. The molecule has 108 valence electrons. The van der Waals surface area contributed by atoms with Crippen LogP contribution >= 0.6 is 0 Å². The van der Waals surface area contributed by atoms with Crippen molar-refractivity contribution in [2.24, 2.45) is 5.16 Å². The Morgan fingerprint density at radius 1 is 1.40 bits per heavy atom. The Morgan fingerprint density at radius 3 is 2.45 bits per heavy atom. The second-order valence-electron chi connectivity index (χ2n) is 4.42. The lowest BCUT2D eigenvalue weighted by atomic mass is 10.1. The molecule has 0 heterocycles. The lowest BCUT2D eigenvalue weighted by molar-refractivity contribution is -0.384. The van der Waals surface area contributed by atoms with Gasteiger partial charge in [0.05, 0.1) is 11.0 Å². The molecule has 0 aliphatic heterocycles. The van der Waals surface area contributed by atoms with Crippen LogP contribution < -0.4 is 0 Å². The van der Waals surface area contributed by atoms with Gasteiger partial charge in [-0.25, -0.2) is 4.79 Å². The summed E-state index contributed by atoms with van der Waals surface area (Å²) >= 11 is 0. The normalized spacial score (nSPS) is 11.4. The maximum absolute atomic E-state index is 11.5. The predicted molar refractivity (Wildman–Crippen MR) is 71.9 cm³/mol. The second kappa shape index (κ2) is 7.22. The summed E-state index contributed by atoms with van der Waals surface area (Å²) in [6, 6.07) is 5.97. The Hall–Kier alpha value is -2.44. The van der Waals surface area contributed by atoms with Gasteiger partial charge in [0.25, 0.3) is 5.69 Å². The van der Waals surface area contributed by atoms with E-state index < -0.39 is 10.9 Å². The van der Waals surface area contributed by atoms with Crippen molar-refractivity contribution in [3.05, 3.63) is 39.9 Å². The summed E-state index contributed by atoms with van der Waals surface area (Å²) in [5.41, 5.74) is 0.732. The average Bonchev–Trinajstić information content (AvgIpc) is 2.39. The molecule has 0 fully saturated rings. The fraction of sp³-hybridized carbons (Fsp3) is 0.385. The van der Waals surface area contributed by atoms with Gasteiger partial charge in [0, 0.05) is 18.6 Å². The highest BCUT2D eigenvalue weighted by molar-refractivity contribution is 6.36. The van der Waals surface area contributed by atoms with Crippen molar-refractivity contribution in [2.45, 2.75) is 32.8 Å².